The van der Waals surface area contributed by atoms with Crippen LogP contribution in [0.25, 0.3) is 11.3 Å². The molecule has 3 aliphatic heterocycles. The van der Waals surface area contributed by atoms with Gasteiger partial charge in [0, 0.05) is 44.1 Å². The van der Waals surface area contributed by atoms with Gasteiger partial charge in [-0.1, -0.05) is 12.1 Å². The first-order chi connectivity index (χ1) is 16.3. The van der Waals surface area contributed by atoms with E-state index >= 15 is 0 Å². The average molecular weight is 445 g/mol. The number of nitrogens with one attached hydrogen (secondary N) is 2. The molecule has 1 aromatic carbocycles. The molecule has 9 heteroatoms. The molecule has 9 nitrogen and oxygen atoms in total. The number of piperidine rings is 1. The van der Waals surface area contributed by atoms with E-state index in [1.807, 2.05) is 36.7 Å². The number of aromatic nitrogens is 4. The van der Waals surface area contributed by atoms with Gasteiger partial charge in [-0.25, -0.2) is 9.97 Å². The molecule has 33 heavy (non-hydrogen) atoms. The highest BCUT2D eigenvalue weighted by Crippen LogP contribution is 2.36. The van der Waals surface area contributed by atoms with Crippen LogP contribution >= 0.6 is 0 Å². The first-order valence-corrected chi connectivity index (χ1v) is 11.7. The van der Waals surface area contributed by atoms with E-state index < -0.39 is 0 Å². The first kappa shape index (κ1) is 20.2. The molecule has 170 valence electrons. The van der Waals surface area contributed by atoms with Gasteiger partial charge in [-0.05, 0) is 55.6 Å². The van der Waals surface area contributed by atoms with Crippen LogP contribution in [0.4, 0.5) is 17.5 Å². The molecule has 2 aromatic heterocycles. The fraction of sp³-hybridized carbons (Fsp3) is 0.417. The van der Waals surface area contributed by atoms with Gasteiger partial charge in [0.1, 0.15) is 5.75 Å². The summed E-state index contributed by atoms with van der Waals surface area (Å²) in [5.74, 6) is 2.37. The van der Waals surface area contributed by atoms with E-state index in [0.29, 0.717) is 17.2 Å². The molecule has 2 saturated heterocycles. The molecule has 0 saturated carbocycles. The van der Waals surface area contributed by atoms with Crippen LogP contribution in [0, 0.1) is 0 Å². The largest absolute Gasteiger partial charge is 0.507 e. The zero-order valence-electron chi connectivity index (χ0n) is 18.5. The molecule has 0 amide bonds. The van der Waals surface area contributed by atoms with E-state index in [4.69, 9.17) is 9.97 Å². The number of hydrogen-bond acceptors (Lipinski definition) is 9. The Balaban J connectivity index is 1.20. The monoisotopic (exact) mass is 444 g/mol. The van der Waals surface area contributed by atoms with Crippen molar-refractivity contribution in [1.29, 1.82) is 0 Å². The summed E-state index contributed by atoms with van der Waals surface area (Å²) in [4.78, 5) is 14.1. The maximum atomic E-state index is 10.2. The first-order valence-electron chi connectivity index (χ1n) is 11.7. The Morgan fingerprint density at radius 2 is 1.82 bits per heavy atom. The number of phenolic OH excluding ortho intramolecular Hbond substituents is 1. The molecular formula is C24H28N8O. The lowest BCUT2D eigenvalue weighted by atomic mass is 9.92. The zero-order valence-corrected chi connectivity index (χ0v) is 18.5. The summed E-state index contributed by atoms with van der Waals surface area (Å²) >= 11 is 0. The lowest BCUT2D eigenvalue weighted by molar-refractivity contribution is 0.458. The Bertz CT molecular complexity index is 1130. The van der Waals surface area contributed by atoms with E-state index in [0.717, 1.165) is 69.6 Å². The Kier molecular flexibility index (Phi) is 5.18. The average Bonchev–Trinajstić information content (AvgIpc) is 2.89. The fourth-order valence-electron chi connectivity index (χ4n) is 5.15. The van der Waals surface area contributed by atoms with Gasteiger partial charge >= 0.3 is 0 Å². The molecule has 0 radical (unpaired) electrons. The minimum atomic E-state index is 0.210. The fourth-order valence-corrected chi connectivity index (χ4v) is 5.15. The van der Waals surface area contributed by atoms with Crippen LogP contribution in [-0.2, 0) is 0 Å². The number of nitrogens with zero attached hydrogens (tertiary/aromatic N) is 6. The molecule has 1 atom stereocenters. The topological polar surface area (TPSA) is 102 Å². The van der Waals surface area contributed by atoms with E-state index in [1.165, 1.54) is 5.56 Å². The smallest absolute Gasteiger partial charge is 0.225 e. The van der Waals surface area contributed by atoms with Crippen LogP contribution in [0.15, 0.2) is 42.7 Å². The molecule has 0 aliphatic carbocycles. The summed E-state index contributed by atoms with van der Waals surface area (Å²) in [6.07, 6.45) is 6.35. The highest BCUT2D eigenvalue weighted by Gasteiger charge is 2.34. The van der Waals surface area contributed by atoms with Gasteiger partial charge < -0.3 is 25.5 Å². The van der Waals surface area contributed by atoms with Gasteiger partial charge in [0.05, 0.1) is 17.4 Å². The number of fused-ring (bicyclic) bond motifs is 3. The Labute approximate surface area is 192 Å². The predicted molar refractivity (Wildman–Crippen MR) is 128 cm³/mol. The van der Waals surface area contributed by atoms with Crippen LogP contribution in [-0.4, -0.2) is 70.6 Å². The SMILES string of the molecule is Oc1ccccc1-c1cc2c(nn1)NCC1CN(c3ncc(C4CCNCC4)cn3)CCN21. The van der Waals surface area contributed by atoms with Gasteiger partial charge in [-0.2, -0.15) is 0 Å². The summed E-state index contributed by atoms with van der Waals surface area (Å²) in [6, 6.07) is 9.54. The van der Waals surface area contributed by atoms with Crippen LogP contribution in [0.3, 0.4) is 0 Å². The van der Waals surface area contributed by atoms with Crippen molar-refractivity contribution in [3.05, 3.63) is 48.3 Å². The van der Waals surface area contributed by atoms with Crippen LogP contribution < -0.4 is 20.4 Å². The van der Waals surface area contributed by atoms with Crippen molar-refractivity contribution in [3.63, 3.8) is 0 Å². The molecule has 5 heterocycles. The predicted octanol–water partition coefficient (Wildman–Crippen LogP) is 2.23. The quantitative estimate of drug-likeness (QED) is 0.561. The maximum Gasteiger partial charge on any atom is 0.225 e. The minimum Gasteiger partial charge on any atom is -0.507 e. The summed E-state index contributed by atoms with van der Waals surface area (Å²) in [5.41, 5.74) is 3.65. The Morgan fingerprint density at radius 3 is 2.64 bits per heavy atom. The third-order valence-electron chi connectivity index (χ3n) is 7.00. The van der Waals surface area contributed by atoms with Crippen molar-refractivity contribution in [2.75, 3.05) is 54.4 Å². The highest BCUT2D eigenvalue weighted by molar-refractivity contribution is 5.76. The Morgan fingerprint density at radius 1 is 1.00 bits per heavy atom. The van der Waals surface area contributed by atoms with E-state index in [9.17, 15) is 5.11 Å². The third kappa shape index (κ3) is 3.82. The number of para-hydroxylation sites is 1. The summed E-state index contributed by atoms with van der Waals surface area (Å²) in [6.45, 7) is 5.47. The molecule has 0 spiro atoms. The number of aromatic hydroxyl groups is 1. The molecule has 0 bridgehead atoms. The normalized spacial score (nSPS) is 20.7. The van der Waals surface area contributed by atoms with Crippen molar-refractivity contribution in [3.8, 4) is 17.0 Å². The maximum absolute atomic E-state index is 10.2. The van der Waals surface area contributed by atoms with Crippen LogP contribution in [0.5, 0.6) is 5.75 Å². The van der Waals surface area contributed by atoms with Gasteiger partial charge in [0.25, 0.3) is 0 Å². The van der Waals surface area contributed by atoms with Gasteiger partial charge in [-0.3, -0.25) is 0 Å². The second-order valence-electron chi connectivity index (χ2n) is 9.00. The number of anilines is 3. The van der Waals surface area contributed by atoms with Gasteiger partial charge in [0.2, 0.25) is 5.95 Å². The molecular weight excluding hydrogens is 416 g/mol. The molecule has 6 rings (SSSR count). The third-order valence-corrected chi connectivity index (χ3v) is 7.00. The van der Waals surface area contributed by atoms with E-state index in [1.54, 1.807) is 6.07 Å². The minimum absolute atomic E-state index is 0.210. The number of phenols is 1. The number of piperazine rings is 1. The van der Waals surface area contributed by atoms with Crippen molar-refractivity contribution in [1.82, 2.24) is 25.5 Å². The molecule has 3 N–H and O–H groups in total. The lowest BCUT2D eigenvalue weighted by Crippen LogP contribution is -2.58. The van der Waals surface area contributed by atoms with Crippen molar-refractivity contribution in [2.45, 2.75) is 24.8 Å². The van der Waals surface area contributed by atoms with Crippen molar-refractivity contribution >= 4 is 17.5 Å². The van der Waals surface area contributed by atoms with Crippen molar-refractivity contribution < 1.29 is 5.11 Å². The number of rotatable bonds is 3. The second kappa shape index (κ2) is 8.47. The highest BCUT2D eigenvalue weighted by atomic mass is 16.3. The summed E-state index contributed by atoms with van der Waals surface area (Å²) < 4.78 is 0. The molecule has 3 aliphatic rings. The second-order valence-corrected chi connectivity index (χ2v) is 9.00. The molecule has 1 unspecified atom stereocenters. The lowest BCUT2D eigenvalue weighted by Gasteiger charge is -2.45. The van der Waals surface area contributed by atoms with E-state index in [-0.39, 0.29) is 11.8 Å². The van der Waals surface area contributed by atoms with Crippen molar-refractivity contribution in [2.24, 2.45) is 0 Å². The molecule has 3 aromatic rings. The van der Waals surface area contributed by atoms with E-state index in [2.05, 4.69) is 30.6 Å². The number of hydrogen-bond donors (Lipinski definition) is 3. The van der Waals surface area contributed by atoms with Gasteiger partial charge in [0.15, 0.2) is 5.82 Å². The Hall–Kier alpha value is -3.46. The summed E-state index contributed by atoms with van der Waals surface area (Å²) in [5, 5.41) is 25.8. The standard InChI is InChI=1S/C24H28N8O/c33-22-4-2-1-3-19(22)20-11-21-23(30-29-20)26-14-18-15-31(9-10-32(18)21)24-27-12-17(13-28-24)16-5-7-25-8-6-16/h1-4,11-13,16,18,25,33H,5-10,14-15H2,(H,26,30). The molecule has 2 fully saturated rings. The van der Waals surface area contributed by atoms with Crippen LogP contribution in [0.2, 0.25) is 0 Å². The zero-order chi connectivity index (χ0) is 22.2. The van der Waals surface area contributed by atoms with Gasteiger partial charge in [-0.15, -0.1) is 10.2 Å². The van der Waals surface area contributed by atoms with Crippen LogP contribution in [0.1, 0.15) is 24.3 Å². The number of benzene rings is 1. The summed E-state index contributed by atoms with van der Waals surface area (Å²) in [7, 11) is 0.